The van der Waals surface area contributed by atoms with E-state index in [-0.39, 0.29) is 90.6 Å². The Kier molecular flexibility index (Phi) is 17.8. The molecule has 0 radical (unpaired) electrons. The summed E-state index contributed by atoms with van der Waals surface area (Å²) in [7, 11) is 0. The van der Waals surface area contributed by atoms with Gasteiger partial charge in [0.1, 0.15) is 23.5 Å². The molecule has 2 bridgehead atoms. The van der Waals surface area contributed by atoms with Crippen LogP contribution in [0.25, 0.3) is 0 Å². The van der Waals surface area contributed by atoms with Crippen molar-refractivity contribution in [2.75, 3.05) is 0 Å². The molecule has 4 aliphatic carbocycles. The van der Waals surface area contributed by atoms with Crippen molar-refractivity contribution in [3.05, 3.63) is 58.9 Å². The molecular weight excluding hydrogens is 1020 g/mol. The standard InChI is InChI=1S/C61H91NO17/c1-14-38-15-16-39-23-32(6)52(78-48-27-59(12,70)55(36(10)74-48)62-37(11)63)30(4)21-28(2)41-18-17-40-50(60(41,13)56(67)49-57(68)61(39,26-38)79-58(49)69)29(3)22-31(5)53(40)76-45-20-19-44(33(7)71-45)75-46-25-43(65)54(35(9)73-46)77-47-24-42(64)51(66)34(8)72-47/h15-18,21,23,29-31,33-36,38-48,50-55,64-67,70H,14,19-20,22,24-27H2,1-13H3,(H,62,63). The van der Waals surface area contributed by atoms with Crippen LogP contribution in [0.2, 0.25) is 0 Å². The van der Waals surface area contributed by atoms with Gasteiger partial charge in [-0.05, 0) is 97.0 Å². The van der Waals surface area contributed by atoms with Crippen molar-refractivity contribution >= 4 is 17.7 Å². The van der Waals surface area contributed by atoms with Crippen LogP contribution in [0.3, 0.4) is 0 Å². The number of fused-ring (bicyclic) bond motifs is 4. The molecule has 0 aromatic heterocycles. The normalized spacial score (nSPS) is 49.4. The van der Waals surface area contributed by atoms with Crippen molar-refractivity contribution < 1.29 is 82.5 Å². The molecule has 5 saturated heterocycles. The first-order valence-electron chi connectivity index (χ1n) is 29.4. The van der Waals surface area contributed by atoms with Gasteiger partial charge in [0.05, 0.1) is 66.6 Å². The molecule has 1 spiro atoms. The summed E-state index contributed by atoms with van der Waals surface area (Å²) in [4.78, 5) is 42.4. The molecule has 9 aliphatic rings. The molecule has 79 heavy (non-hydrogen) atoms. The highest BCUT2D eigenvalue weighted by molar-refractivity contribution is 6.26. The summed E-state index contributed by atoms with van der Waals surface area (Å²) in [6.45, 7) is 24.7. The number of ketones is 1. The van der Waals surface area contributed by atoms with Crippen LogP contribution in [0.1, 0.15) is 141 Å². The lowest BCUT2D eigenvalue weighted by Crippen LogP contribution is -2.62. The summed E-state index contributed by atoms with van der Waals surface area (Å²) in [5, 5.41) is 59.5. The van der Waals surface area contributed by atoms with E-state index < -0.39 is 126 Å². The van der Waals surface area contributed by atoms with E-state index in [1.807, 2.05) is 46.8 Å². The van der Waals surface area contributed by atoms with Gasteiger partial charge in [0.2, 0.25) is 11.7 Å². The molecule has 18 heteroatoms. The van der Waals surface area contributed by atoms with Gasteiger partial charge in [0, 0.05) is 68.1 Å². The second kappa shape index (κ2) is 23.4. The lowest BCUT2D eigenvalue weighted by Gasteiger charge is -2.56. The first kappa shape index (κ1) is 60.2. The monoisotopic (exact) mass is 1110 g/mol. The third-order valence-electron chi connectivity index (χ3n) is 19.6. The lowest BCUT2D eigenvalue weighted by atomic mass is 9.49. The summed E-state index contributed by atoms with van der Waals surface area (Å²) < 4.78 is 58.1. The Hall–Kier alpha value is -3.37. The molecule has 442 valence electrons. The zero-order chi connectivity index (χ0) is 57.4. The largest absolute Gasteiger partial charge is 0.511 e. The highest BCUT2D eigenvalue weighted by Crippen LogP contribution is 2.61. The van der Waals surface area contributed by atoms with Crippen LogP contribution in [0, 0.1) is 52.8 Å². The fourth-order valence-corrected chi connectivity index (χ4v) is 15.6. The predicted octanol–water partition coefficient (Wildman–Crippen LogP) is 6.72. The topological polar surface area (TPSA) is 247 Å². The predicted molar refractivity (Wildman–Crippen MR) is 288 cm³/mol. The number of ether oxygens (including phenoxy) is 9. The fourth-order valence-electron chi connectivity index (χ4n) is 15.6. The molecule has 6 fully saturated rings. The van der Waals surface area contributed by atoms with Gasteiger partial charge < -0.3 is 73.5 Å². The van der Waals surface area contributed by atoms with Crippen molar-refractivity contribution in [1.29, 1.82) is 0 Å². The number of hydrogen-bond donors (Lipinski definition) is 6. The van der Waals surface area contributed by atoms with Crippen LogP contribution in [-0.4, -0.2) is 153 Å². The quantitative estimate of drug-likeness (QED) is 0.0755. The number of esters is 1. The summed E-state index contributed by atoms with van der Waals surface area (Å²) in [6.07, 6.45) is 5.22. The lowest BCUT2D eigenvalue weighted by molar-refractivity contribution is -0.328. The van der Waals surface area contributed by atoms with Crippen molar-refractivity contribution in [1.82, 2.24) is 5.32 Å². The molecular formula is C61H91NO17. The van der Waals surface area contributed by atoms with Crippen LogP contribution in [0.5, 0.6) is 0 Å². The molecule has 0 aromatic rings. The average molecular weight is 1110 g/mol. The highest BCUT2D eigenvalue weighted by Gasteiger charge is 2.63. The van der Waals surface area contributed by atoms with Gasteiger partial charge in [0.25, 0.3) is 0 Å². The van der Waals surface area contributed by atoms with Crippen LogP contribution >= 0.6 is 0 Å². The summed E-state index contributed by atoms with van der Waals surface area (Å²) in [5.74, 6) is -3.97. The van der Waals surface area contributed by atoms with Crippen LogP contribution in [-0.2, 0) is 57.0 Å². The van der Waals surface area contributed by atoms with Gasteiger partial charge >= 0.3 is 5.97 Å². The van der Waals surface area contributed by atoms with E-state index in [4.69, 9.17) is 42.6 Å². The number of rotatable bonds is 10. The molecule has 1 saturated carbocycles. The highest BCUT2D eigenvalue weighted by atomic mass is 16.7. The second-order valence-electron chi connectivity index (χ2n) is 25.7. The van der Waals surface area contributed by atoms with Crippen LogP contribution in [0.4, 0.5) is 0 Å². The first-order valence-corrected chi connectivity index (χ1v) is 29.4. The first-order chi connectivity index (χ1) is 37.2. The van der Waals surface area contributed by atoms with E-state index in [9.17, 15) is 35.1 Å². The van der Waals surface area contributed by atoms with E-state index in [2.05, 4.69) is 50.4 Å². The molecule has 0 aromatic carbocycles. The number of Topliss-reactive ketones (excluding diaryl/α,β-unsaturated/α-hetero) is 1. The van der Waals surface area contributed by atoms with Gasteiger partial charge in [-0.1, -0.05) is 76.6 Å². The maximum atomic E-state index is 15.5. The van der Waals surface area contributed by atoms with Gasteiger partial charge in [-0.25, -0.2) is 4.79 Å². The van der Waals surface area contributed by atoms with Crippen molar-refractivity contribution in [2.45, 2.75) is 251 Å². The minimum atomic E-state index is -1.62. The third kappa shape index (κ3) is 11.5. The van der Waals surface area contributed by atoms with Crippen molar-refractivity contribution in [2.24, 2.45) is 52.8 Å². The number of carbonyl (C=O) groups is 3. The Labute approximate surface area is 466 Å². The maximum absolute atomic E-state index is 15.5. The van der Waals surface area contributed by atoms with Crippen LogP contribution < -0.4 is 5.32 Å². The molecule has 5 aliphatic heterocycles. The number of allylic oxidation sites excluding steroid dienone is 4. The average Bonchev–Trinajstić information content (AvgIpc) is 3.63. The molecule has 1 amide bonds. The zero-order valence-electron chi connectivity index (χ0n) is 48.6. The second-order valence-corrected chi connectivity index (χ2v) is 25.7. The Morgan fingerprint density at radius 1 is 0.722 bits per heavy atom. The van der Waals surface area contributed by atoms with E-state index in [0.29, 0.717) is 19.3 Å². The summed E-state index contributed by atoms with van der Waals surface area (Å²) in [6, 6.07) is -0.666. The van der Waals surface area contributed by atoms with Gasteiger partial charge in [-0.15, -0.1) is 0 Å². The molecule has 27 unspecified atom stereocenters. The Morgan fingerprint density at radius 2 is 1.38 bits per heavy atom. The zero-order valence-corrected chi connectivity index (χ0v) is 48.6. The fraction of sp³-hybridized carbons (Fsp3) is 0.787. The number of amides is 1. The van der Waals surface area contributed by atoms with E-state index in [0.717, 1.165) is 17.6 Å². The Bertz CT molecular complexity index is 2390. The summed E-state index contributed by atoms with van der Waals surface area (Å²) >= 11 is 0. The van der Waals surface area contributed by atoms with Crippen LogP contribution in [0.15, 0.2) is 58.9 Å². The molecule has 6 N–H and O–H groups in total. The van der Waals surface area contributed by atoms with E-state index in [1.165, 1.54) is 6.92 Å². The molecule has 5 heterocycles. The number of hydrogen-bond acceptors (Lipinski definition) is 17. The van der Waals surface area contributed by atoms with E-state index in [1.54, 1.807) is 27.7 Å². The summed E-state index contributed by atoms with van der Waals surface area (Å²) in [5.41, 5.74) is -2.79. The van der Waals surface area contributed by atoms with Crippen molar-refractivity contribution in [3.8, 4) is 0 Å². The minimum absolute atomic E-state index is 0.00252. The smallest absolute Gasteiger partial charge is 0.346 e. The minimum Gasteiger partial charge on any atom is -0.511 e. The Balaban J connectivity index is 0.978. The van der Waals surface area contributed by atoms with Gasteiger partial charge in [-0.3, -0.25) is 9.59 Å². The maximum Gasteiger partial charge on any atom is 0.346 e. The number of aliphatic hydroxyl groups is 5. The number of nitrogens with one attached hydrogen (secondary N) is 1. The number of carbonyl (C=O) groups excluding carboxylic acids is 3. The van der Waals surface area contributed by atoms with E-state index >= 15 is 4.79 Å². The van der Waals surface area contributed by atoms with Crippen molar-refractivity contribution in [3.63, 3.8) is 0 Å². The Morgan fingerprint density at radius 3 is 2.04 bits per heavy atom. The molecule has 27 atom stereocenters. The van der Waals surface area contributed by atoms with Gasteiger partial charge in [0.15, 0.2) is 30.8 Å². The number of aliphatic hydroxyl groups excluding tert-OH is 4. The SMILES string of the molecule is CCC1C=CC2C=C(C)C(OC3CC(C)(O)C(NC(C)=O)C(C)O3)C(C)C=C(C)C3C=CC4C(OC5CCC(OC6CC(O)C(OC7CC(O)C(O)C(C)O7)C(C)O6)C(C)O5)C(C)CC(C)C4C3(C)C(O)=C3C(=O)OC2(C1)C3=O. The third-order valence-corrected chi connectivity index (χ3v) is 19.6. The van der Waals surface area contributed by atoms with Gasteiger partial charge in [-0.2, -0.15) is 0 Å². The molecule has 9 rings (SSSR count). The molecule has 18 nitrogen and oxygen atoms in total.